The van der Waals surface area contributed by atoms with Crippen LogP contribution in [-0.4, -0.2) is 35.1 Å². The second-order valence-corrected chi connectivity index (χ2v) is 8.21. The van der Waals surface area contributed by atoms with Gasteiger partial charge in [-0.2, -0.15) is 0 Å². The Kier molecular flexibility index (Phi) is 5.85. The molecular weight excluding hydrogens is 294 g/mol. The summed E-state index contributed by atoms with van der Waals surface area (Å²) in [5.41, 5.74) is 4.58. The average Bonchev–Trinajstić information content (AvgIpc) is 2.58. The molecule has 1 heterocycles. The van der Waals surface area contributed by atoms with Gasteiger partial charge in [-0.3, -0.25) is 4.98 Å². The Hall–Kier alpha value is -1.53. The van der Waals surface area contributed by atoms with E-state index in [0.717, 1.165) is 23.7 Å². The Bertz CT molecular complexity index is 606. The van der Waals surface area contributed by atoms with Crippen LogP contribution in [0.1, 0.15) is 11.1 Å². The van der Waals surface area contributed by atoms with Crippen molar-refractivity contribution in [2.45, 2.75) is 19.4 Å². The fraction of sp³-hybridized carbons (Fsp3) is 0.353. The second kappa shape index (κ2) is 7.65. The van der Waals surface area contributed by atoms with Crippen LogP contribution >= 0.6 is 0 Å². The molecule has 0 N–H and O–H groups in total. The summed E-state index contributed by atoms with van der Waals surface area (Å²) >= 11 is 0. The Labute approximate surface area is 133 Å². The fourth-order valence-electron chi connectivity index (χ4n) is 2.58. The molecule has 0 bridgehead atoms. The number of benzene rings is 1. The highest BCUT2D eigenvalue weighted by Gasteiger charge is 2.37. The van der Waals surface area contributed by atoms with Crippen molar-refractivity contribution in [3.63, 3.8) is 0 Å². The molecule has 0 saturated carbocycles. The second-order valence-electron chi connectivity index (χ2n) is 5.12. The van der Waals surface area contributed by atoms with Crippen molar-refractivity contribution >= 4 is 8.80 Å². The van der Waals surface area contributed by atoms with E-state index < -0.39 is 8.80 Å². The zero-order chi connectivity index (χ0) is 16.0. The number of rotatable bonds is 7. The molecule has 0 aliphatic carbocycles. The molecule has 0 spiro atoms. The predicted octanol–water partition coefficient (Wildman–Crippen LogP) is 3.48. The van der Waals surface area contributed by atoms with E-state index in [2.05, 4.69) is 30.1 Å². The Balaban J connectivity index is 2.28. The summed E-state index contributed by atoms with van der Waals surface area (Å²) in [4.78, 5) is 4.53. The summed E-state index contributed by atoms with van der Waals surface area (Å²) in [6, 6.07) is 13.1. The smallest absolute Gasteiger partial charge is 0.377 e. The van der Waals surface area contributed by atoms with Crippen molar-refractivity contribution in [2.24, 2.45) is 0 Å². The zero-order valence-electron chi connectivity index (χ0n) is 13.6. The lowest BCUT2D eigenvalue weighted by Gasteiger charge is -2.24. The van der Waals surface area contributed by atoms with Crippen molar-refractivity contribution in [3.8, 4) is 11.3 Å². The highest BCUT2D eigenvalue weighted by atomic mass is 28.4. The summed E-state index contributed by atoms with van der Waals surface area (Å²) in [6.07, 6.45) is 2.66. The van der Waals surface area contributed by atoms with E-state index in [4.69, 9.17) is 13.3 Å². The van der Waals surface area contributed by atoms with Gasteiger partial charge in [0.1, 0.15) is 0 Å². The Morgan fingerprint density at radius 1 is 0.955 bits per heavy atom. The van der Waals surface area contributed by atoms with Crippen LogP contribution in [0.4, 0.5) is 0 Å². The van der Waals surface area contributed by atoms with Crippen LogP contribution in [0.3, 0.4) is 0 Å². The summed E-state index contributed by atoms with van der Waals surface area (Å²) in [7, 11) is 2.38. The maximum absolute atomic E-state index is 5.51. The van der Waals surface area contributed by atoms with Crippen LogP contribution in [0, 0.1) is 6.92 Å². The molecule has 0 saturated heterocycles. The molecular formula is C17H23NO3Si. The minimum Gasteiger partial charge on any atom is -0.377 e. The molecule has 0 aliphatic rings. The van der Waals surface area contributed by atoms with E-state index in [1.54, 1.807) is 21.3 Å². The lowest BCUT2D eigenvalue weighted by atomic mass is 9.99. The normalized spacial score (nSPS) is 11.6. The van der Waals surface area contributed by atoms with Gasteiger partial charge in [0.25, 0.3) is 0 Å². The van der Waals surface area contributed by atoms with Crippen LogP contribution in [0.15, 0.2) is 42.6 Å². The summed E-state index contributed by atoms with van der Waals surface area (Å²) in [6.45, 7) is 2.08. The van der Waals surface area contributed by atoms with Crippen LogP contribution in [0.5, 0.6) is 0 Å². The van der Waals surface area contributed by atoms with Gasteiger partial charge < -0.3 is 13.3 Å². The Morgan fingerprint density at radius 3 is 2.27 bits per heavy atom. The standard InChI is InChI=1S/C17H23NO3Si/c1-14-8-7-12-18-17(14)16-10-6-5-9-15(16)11-13-22(19-2,20-3)21-4/h5-10,12H,11,13H2,1-4H3. The summed E-state index contributed by atoms with van der Waals surface area (Å²) in [5, 5.41) is 0. The molecule has 0 radical (unpaired) electrons. The molecule has 22 heavy (non-hydrogen) atoms. The van der Waals surface area contributed by atoms with E-state index in [0.29, 0.717) is 0 Å². The molecule has 0 amide bonds. The largest absolute Gasteiger partial charge is 0.500 e. The molecule has 2 aromatic rings. The molecule has 0 unspecified atom stereocenters. The first-order valence-electron chi connectivity index (χ1n) is 7.31. The van der Waals surface area contributed by atoms with Gasteiger partial charge in [0.05, 0.1) is 5.69 Å². The summed E-state index contributed by atoms with van der Waals surface area (Å²) in [5.74, 6) is 0. The SMILES string of the molecule is CO[Si](CCc1ccccc1-c1ncccc1C)(OC)OC. The third-order valence-electron chi connectivity index (χ3n) is 3.92. The highest BCUT2D eigenvalue weighted by molar-refractivity contribution is 6.60. The van der Waals surface area contributed by atoms with Gasteiger partial charge in [-0.15, -0.1) is 0 Å². The van der Waals surface area contributed by atoms with Crippen LogP contribution in [0.2, 0.25) is 6.04 Å². The van der Waals surface area contributed by atoms with Gasteiger partial charge in [0, 0.05) is 39.1 Å². The molecule has 0 fully saturated rings. The lowest BCUT2D eigenvalue weighted by Crippen LogP contribution is -2.43. The molecule has 5 heteroatoms. The van der Waals surface area contributed by atoms with Gasteiger partial charge in [0.15, 0.2) is 0 Å². The van der Waals surface area contributed by atoms with Gasteiger partial charge >= 0.3 is 8.80 Å². The minimum absolute atomic E-state index is 0.736. The average molecular weight is 317 g/mol. The first-order valence-corrected chi connectivity index (χ1v) is 9.24. The maximum atomic E-state index is 5.51. The highest BCUT2D eigenvalue weighted by Crippen LogP contribution is 2.27. The predicted molar refractivity (Wildman–Crippen MR) is 89.7 cm³/mol. The lowest BCUT2D eigenvalue weighted by molar-refractivity contribution is 0.124. The van der Waals surface area contributed by atoms with E-state index >= 15 is 0 Å². The van der Waals surface area contributed by atoms with E-state index in [-0.39, 0.29) is 0 Å². The number of hydrogen-bond donors (Lipinski definition) is 0. The van der Waals surface area contributed by atoms with Crippen molar-refractivity contribution < 1.29 is 13.3 Å². The summed E-state index contributed by atoms with van der Waals surface area (Å²) < 4.78 is 16.5. The number of hydrogen-bond acceptors (Lipinski definition) is 4. The van der Waals surface area contributed by atoms with Crippen LogP contribution < -0.4 is 0 Å². The Morgan fingerprint density at radius 2 is 1.64 bits per heavy atom. The van der Waals surface area contributed by atoms with Crippen molar-refractivity contribution in [1.82, 2.24) is 4.98 Å². The molecule has 118 valence electrons. The molecule has 2 rings (SSSR count). The first kappa shape index (κ1) is 16.8. The van der Waals surface area contributed by atoms with Gasteiger partial charge in [-0.05, 0) is 30.5 Å². The molecule has 1 aromatic heterocycles. The molecule has 0 aliphatic heterocycles. The number of aryl methyl sites for hydroxylation is 2. The van der Waals surface area contributed by atoms with E-state index in [1.807, 2.05) is 24.4 Å². The fourth-order valence-corrected chi connectivity index (χ4v) is 4.27. The van der Waals surface area contributed by atoms with Crippen molar-refractivity contribution in [1.29, 1.82) is 0 Å². The first-order chi connectivity index (χ1) is 10.7. The number of aromatic nitrogens is 1. The molecule has 4 nitrogen and oxygen atoms in total. The number of pyridine rings is 1. The van der Waals surface area contributed by atoms with Gasteiger partial charge in [-0.25, -0.2) is 0 Å². The zero-order valence-corrected chi connectivity index (χ0v) is 14.6. The van der Waals surface area contributed by atoms with Crippen LogP contribution in [0.25, 0.3) is 11.3 Å². The monoisotopic (exact) mass is 317 g/mol. The van der Waals surface area contributed by atoms with Crippen molar-refractivity contribution in [3.05, 3.63) is 53.7 Å². The van der Waals surface area contributed by atoms with E-state index in [9.17, 15) is 0 Å². The molecule has 0 atom stereocenters. The van der Waals surface area contributed by atoms with Crippen LogP contribution in [-0.2, 0) is 19.7 Å². The number of nitrogens with zero attached hydrogens (tertiary/aromatic N) is 1. The molecule has 1 aromatic carbocycles. The van der Waals surface area contributed by atoms with Gasteiger partial charge in [-0.1, -0.05) is 30.3 Å². The van der Waals surface area contributed by atoms with Crippen molar-refractivity contribution in [2.75, 3.05) is 21.3 Å². The quantitative estimate of drug-likeness (QED) is 0.733. The van der Waals surface area contributed by atoms with E-state index in [1.165, 1.54) is 11.1 Å². The van der Waals surface area contributed by atoms with Gasteiger partial charge in [0.2, 0.25) is 0 Å². The third kappa shape index (κ3) is 3.62. The third-order valence-corrected chi connectivity index (χ3v) is 6.64. The minimum atomic E-state index is -2.56. The topological polar surface area (TPSA) is 40.6 Å². The maximum Gasteiger partial charge on any atom is 0.500 e.